The fourth-order valence-electron chi connectivity index (χ4n) is 0.880. The van der Waals surface area contributed by atoms with Crippen LogP contribution in [0.4, 0.5) is 5.69 Å². The zero-order chi connectivity index (χ0) is 10.0. The van der Waals surface area contributed by atoms with E-state index >= 15 is 0 Å². The number of carbonyl (C=O) groups is 1. The van der Waals surface area contributed by atoms with Gasteiger partial charge >= 0.3 is 0 Å². The second-order valence-electron chi connectivity index (χ2n) is 2.42. The minimum absolute atomic E-state index is 0.327. The predicted molar refractivity (Wildman–Crippen MR) is 55.9 cm³/mol. The highest BCUT2D eigenvalue weighted by atomic mass is 35.5. The maximum Gasteiger partial charge on any atom is 0.211 e. The zero-order valence-corrected chi connectivity index (χ0v) is 8.96. The maximum atomic E-state index is 10.2. The van der Waals surface area contributed by atoms with Crippen molar-refractivity contribution in [3.8, 4) is 0 Å². The lowest BCUT2D eigenvalue weighted by Crippen LogP contribution is -1.97. The van der Waals surface area contributed by atoms with Crippen LogP contribution in [-0.4, -0.2) is 6.41 Å². The third kappa shape index (κ3) is 2.08. The highest BCUT2D eigenvalue weighted by molar-refractivity contribution is 6.42. The largest absolute Gasteiger partial charge is 0.326 e. The predicted octanol–water partition coefficient (Wildman–Crippen LogP) is 3.52. The van der Waals surface area contributed by atoms with Gasteiger partial charge in [0.15, 0.2) is 0 Å². The first-order valence-electron chi connectivity index (χ1n) is 3.42. The summed E-state index contributed by atoms with van der Waals surface area (Å²) in [5.74, 6) is 0. The smallest absolute Gasteiger partial charge is 0.211 e. The van der Waals surface area contributed by atoms with Crippen molar-refractivity contribution in [3.63, 3.8) is 0 Å². The molecule has 0 aromatic heterocycles. The van der Waals surface area contributed by atoms with Gasteiger partial charge in [-0.2, -0.15) is 0 Å². The number of hydrogen-bond donors (Lipinski definition) is 1. The Morgan fingerprint density at radius 2 is 1.92 bits per heavy atom. The van der Waals surface area contributed by atoms with E-state index in [-0.39, 0.29) is 0 Å². The number of nitrogens with one attached hydrogen (secondary N) is 1. The quantitative estimate of drug-likeness (QED) is 0.785. The fraction of sp³-hybridized carbons (Fsp3) is 0.125. The van der Waals surface area contributed by atoms with Crippen LogP contribution < -0.4 is 5.32 Å². The minimum Gasteiger partial charge on any atom is -0.326 e. The number of amides is 1. The zero-order valence-electron chi connectivity index (χ0n) is 6.70. The Labute approximate surface area is 90.8 Å². The average molecular weight is 239 g/mol. The SMILES string of the molecule is Cc1c(Cl)cc(Cl)c(NC=O)c1Cl. The van der Waals surface area contributed by atoms with Crippen molar-refractivity contribution in [2.24, 2.45) is 0 Å². The van der Waals surface area contributed by atoms with Crippen molar-refractivity contribution in [1.29, 1.82) is 0 Å². The van der Waals surface area contributed by atoms with Crippen LogP contribution in [0.3, 0.4) is 0 Å². The molecule has 0 atom stereocenters. The van der Waals surface area contributed by atoms with Crippen molar-refractivity contribution in [2.45, 2.75) is 6.92 Å². The molecule has 1 rings (SSSR count). The lowest BCUT2D eigenvalue weighted by atomic mass is 10.2. The topological polar surface area (TPSA) is 29.1 Å². The summed E-state index contributed by atoms with van der Waals surface area (Å²) in [5.41, 5.74) is 1.08. The van der Waals surface area contributed by atoms with Crippen molar-refractivity contribution in [3.05, 3.63) is 26.7 Å². The monoisotopic (exact) mass is 237 g/mol. The molecule has 0 spiro atoms. The molecule has 0 fully saturated rings. The summed E-state index contributed by atoms with van der Waals surface area (Å²) in [4.78, 5) is 10.2. The molecule has 1 aromatic carbocycles. The molecule has 0 unspecified atom stereocenters. The van der Waals surface area contributed by atoms with Crippen LogP contribution in [0.5, 0.6) is 0 Å². The first-order chi connectivity index (χ1) is 6.07. The van der Waals surface area contributed by atoms with Gasteiger partial charge < -0.3 is 5.32 Å². The van der Waals surface area contributed by atoms with Crippen molar-refractivity contribution in [1.82, 2.24) is 0 Å². The Balaban J connectivity index is 3.34. The number of benzene rings is 1. The van der Waals surface area contributed by atoms with E-state index in [9.17, 15) is 4.79 Å². The van der Waals surface area contributed by atoms with Crippen LogP contribution in [-0.2, 0) is 4.79 Å². The summed E-state index contributed by atoms with van der Waals surface area (Å²) in [6, 6.07) is 1.54. The third-order valence-corrected chi connectivity index (χ3v) is 2.77. The van der Waals surface area contributed by atoms with Crippen molar-refractivity contribution < 1.29 is 4.79 Å². The van der Waals surface area contributed by atoms with E-state index in [2.05, 4.69) is 5.32 Å². The first-order valence-corrected chi connectivity index (χ1v) is 4.55. The van der Waals surface area contributed by atoms with Crippen LogP contribution >= 0.6 is 34.8 Å². The molecule has 1 aromatic rings. The van der Waals surface area contributed by atoms with Gasteiger partial charge in [0.25, 0.3) is 0 Å². The molecule has 0 radical (unpaired) electrons. The molecule has 70 valence electrons. The van der Waals surface area contributed by atoms with Crippen LogP contribution in [0.1, 0.15) is 5.56 Å². The molecule has 2 nitrogen and oxygen atoms in total. The second-order valence-corrected chi connectivity index (χ2v) is 3.61. The Morgan fingerprint density at radius 1 is 1.31 bits per heavy atom. The third-order valence-electron chi connectivity index (χ3n) is 1.60. The normalized spacial score (nSPS) is 9.85. The molecule has 0 aliphatic heterocycles. The molecule has 0 bridgehead atoms. The lowest BCUT2D eigenvalue weighted by molar-refractivity contribution is -0.105. The standard InChI is InChI=1S/C8H6Cl3NO/c1-4-5(9)2-6(10)8(7(4)11)12-3-13/h2-3H,1H3,(H,12,13). The summed E-state index contributed by atoms with van der Waals surface area (Å²) < 4.78 is 0. The van der Waals surface area contributed by atoms with Crippen molar-refractivity contribution in [2.75, 3.05) is 5.32 Å². The van der Waals surface area contributed by atoms with E-state index < -0.39 is 0 Å². The molecule has 5 heteroatoms. The summed E-state index contributed by atoms with van der Waals surface area (Å²) in [6.07, 6.45) is 0.514. The van der Waals surface area contributed by atoms with Gasteiger partial charge in [0, 0.05) is 5.02 Å². The average Bonchev–Trinajstić information content (AvgIpc) is 2.09. The van der Waals surface area contributed by atoms with E-state index in [1.54, 1.807) is 6.92 Å². The Morgan fingerprint density at radius 3 is 2.46 bits per heavy atom. The Hall–Kier alpha value is -0.440. The van der Waals surface area contributed by atoms with Crippen LogP contribution in [0.2, 0.25) is 15.1 Å². The Bertz CT molecular complexity index is 352. The summed E-state index contributed by atoms with van der Waals surface area (Å²) in [5, 5.41) is 3.58. The second kappa shape index (κ2) is 4.18. The van der Waals surface area contributed by atoms with E-state index in [0.29, 0.717) is 32.7 Å². The summed E-state index contributed by atoms with van der Waals surface area (Å²) >= 11 is 17.5. The van der Waals surface area contributed by atoms with Crippen LogP contribution in [0.25, 0.3) is 0 Å². The number of carbonyl (C=O) groups excluding carboxylic acids is 1. The molecule has 0 saturated heterocycles. The number of rotatable bonds is 2. The van der Waals surface area contributed by atoms with Crippen molar-refractivity contribution >= 4 is 46.9 Å². The van der Waals surface area contributed by atoms with E-state index in [1.807, 2.05) is 0 Å². The molecule has 0 heterocycles. The number of hydrogen-bond acceptors (Lipinski definition) is 1. The molecular weight excluding hydrogens is 232 g/mol. The highest BCUT2D eigenvalue weighted by Crippen LogP contribution is 2.36. The lowest BCUT2D eigenvalue weighted by Gasteiger charge is -2.09. The Kier molecular flexibility index (Phi) is 3.42. The highest BCUT2D eigenvalue weighted by Gasteiger charge is 2.11. The van der Waals surface area contributed by atoms with E-state index in [1.165, 1.54) is 6.07 Å². The van der Waals surface area contributed by atoms with E-state index in [0.717, 1.165) is 0 Å². The fourth-order valence-corrected chi connectivity index (χ4v) is 1.75. The number of halogens is 3. The van der Waals surface area contributed by atoms with Gasteiger partial charge in [0.05, 0.1) is 15.7 Å². The molecule has 1 amide bonds. The van der Waals surface area contributed by atoms with Gasteiger partial charge in [0.1, 0.15) is 0 Å². The molecule has 13 heavy (non-hydrogen) atoms. The molecule has 0 aliphatic rings. The summed E-state index contributed by atoms with van der Waals surface area (Å²) in [6.45, 7) is 1.75. The van der Waals surface area contributed by atoms with Gasteiger partial charge in [0.2, 0.25) is 6.41 Å². The molecule has 0 saturated carbocycles. The molecule has 0 aliphatic carbocycles. The molecule has 1 N–H and O–H groups in total. The minimum atomic E-state index is 0.327. The van der Waals surface area contributed by atoms with Crippen LogP contribution in [0.15, 0.2) is 6.07 Å². The summed E-state index contributed by atoms with van der Waals surface area (Å²) in [7, 11) is 0. The van der Waals surface area contributed by atoms with Gasteiger partial charge in [-0.3, -0.25) is 4.79 Å². The number of anilines is 1. The van der Waals surface area contributed by atoms with Gasteiger partial charge in [-0.05, 0) is 18.6 Å². The maximum absolute atomic E-state index is 10.2. The van der Waals surface area contributed by atoms with Crippen LogP contribution in [0, 0.1) is 6.92 Å². The van der Waals surface area contributed by atoms with Gasteiger partial charge in [-0.1, -0.05) is 34.8 Å². The van der Waals surface area contributed by atoms with Gasteiger partial charge in [-0.25, -0.2) is 0 Å². The molecular formula is C8H6Cl3NO. The first kappa shape index (κ1) is 10.6. The van der Waals surface area contributed by atoms with Gasteiger partial charge in [-0.15, -0.1) is 0 Å². The van der Waals surface area contributed by atoms with E-state index in [4.69, 9.17) is 34.8 Å².